The monoisotopic (exact) mass is 281 g/mol. The van der Waals surface area contributed by atoms with Gasteiger partial charge >= 0.3 is 5.63 Å². The third-order valence-electron chi connectivity index (χ3n) is 3.38. The Morgan fingerprint density at radius 3 is 2.90 bits per heavy atom. The van der Waals surface area contributed by atoms with Gasteiger partial charge in [-0.2, -0.15) is 0 Å². The van der Waals surface area contributed by atoms with Gasteiger partial charge in [0.15, 0.2) is 0 Å². The fourth-order valence-corrected chi connectivity index (χ4v) is 3.49. The van der Waals surface area contributed by atoms with Crippen LogP contribution in [-0.4, -0.2) is 0 Å². The molecule has 1 aromatic heterocycles. The second-order valence-corrected chi connectivity index (χ2v) is 5.87. The smallest absolute Gasteiger partial charge is 0.352 e. The molecule has 4 rings (SSSR count). The van der Waals surface area contributed by atoms with Crippen molar-refractivity contribution in [1.82, 2.24) is 0 Å². The highest BCUT2D eigenvalue weighted by Gasteiger charge is 2.22. The van der Waals surface area contributed by atoms with E-state index < -0.39 is 0 Å². The topological polar surface area (TPSA) is 42.2 Å². The molecule has 1 N–H and O–H groups in total. The molecule has 0 saturated heterocycles. The third-order valence-corrected chi connectivity index (χ3v) is 4.51. The predicted molar refractivity (Wildman–Crippen MR) is 81.1 cm³/mol. The van der Waals surface area contributed by atoms with Gasteiger partial charge in [-0.15, -0.1) is 0 Å². The third kappa shape index (κ3) is 1.65. The van der Waals surface area contributed by atoms with Crippen molar-refractivity contribution in [3.05, 3.63) is 58.4 Å². The van der Waals surface area contributed by atoms with E-state index >= 15 is 0 Å². The Labute approximate surface area is 119 Å². The fraction of sp³-hybridized carbons (Fsp3) is 0.0625. The normalized spacial score (nSPS) is 12.7. The zero-order valence-electron chi connectivity index (χ0n) is 10.8. The molecule has 20 heavy (non-hydrogen) atoms. The Morgan fingerprint density at radius 1 is 1.15 bits per heavy atom. The number of fused-ring (bicyclic) bond motifs is 4. The van der Waals surface area contributed by atoms with Crippen molar-refractivity contribution in [3.8, 4) is 0 Å². The Kier molecular flexibility index (Phi) is 2.41. The molecule has 0 atom stereocenters. The second-order valence-electron chi connectivity index (χ2n) is 4.82. The van der Waals surface area contributed by atoms with Gasteiger partial charge in [0.1, 0.15) is 10.5 Å². The number of benzene rings is 2. The number of para-hydroxylation sites is 1. The lowest BCUT2D eigenvalue weighted by atomic mass is 10.1. The molecular weight excluding hydrogens is 270 g/mol. The van der Waals surface area contributed by atoms with Crippen LogP contribution in [0, 0.1) is 6.92 Å². The van der Waals surface area contributed by atoms with Crippen molar-refractivity contribution in [1.29, 1.82) is 0 Å². The molecule has 0 unspecified atom stereocenters. The average Bonchev–Trinajstić information content (AvgIpc) is 2.46. The van der Waals surface area contributed by atoms with Crippen molar-refractivity contribution in [3.63, 3.8) is 0 Å². The molecule has 4 heteroatoms. The summed E-state index contributed by atoms with van der Waals surface area (Å²) in [6.45, 7) is 2.04. The fourth-order valence-electron chi connectivity index (χ4n) is 2.41. The maximum Gasteiger partial charge on any atom is 0.352 e. The molecule has 2 aromatic carbocycles. The van der Waals surface area contributed by atoms with Gasteiger partial charge in [0.2, 0.25) is 0 Å². The molecule has 0 fully saturated rings. The Bertz CT molecular complexity index is 899. The number of rotatable bonds is 0. The summed E-state index contributed by atoms with van der Waals surface area (Å²) in [5.41, 5.74) is 3.37. The van der Waals surface area contributed by atoms with E-state index in [-0.39, 0.29) is 5.63 Å². The first kappa shape index (κ1) is 11.6. The van der Waals surface area contributed by atoms with Gasteiger partial charge in [0, 0.05) is 10.3 Å². The minimum Gasteiger partial charge on any atom is -0.422 e. The average molecular weight is 281 g/mol. The van der Waals surface area contributed by atoms with Gasteiger partial charge in [-0.25, -0.2) is 4.79 Å². The van der Waals surface area contributed by atoms with Crippen molar-refractivity contribution < 1.29 is 4.42 Å². The Hall–Kier alpha value is -2.20. The molecule has 1 aliphatic heterocycles. The summed E-state index contributed by atoms with van der Waals surface area (Å²) in [5, 5.41) is 4.30. The summed E-state index contributed by atoms with van der Waals surface area (Å²) in [4.78, 5) is 13.8. The van der Waals surface area contributed by atoms with Crippen molar-refractivity contribution in [2.75, 3.05) is 5.32 Å². The predicted octanol–water partition coefficient (Wildman–Crippen LogP) is 4.31. The number of anilines is 2. The van der Waals surface area contributed by atoms with Gasteiger partial charge in [-0.05, 0) is 36.8 Å². The lowest BCUT2D eigenvalue weighted by Crippen LogP contribution is -2.10. The van der Waals surface area contributed by atoms with Crippen LogP contribution >= 0.6 is 11.8 Å². The van der Waals surface area contributed by atoms with E-state index in [1.807, 2.05) is 37.3 Å². The quantitative estimate of drug-likeness (QED) is 0.488. The summed E-state index contributed by atoms with van der Waals surface area (Å²) >= 11 is 1.47. The van der Waals surface area contributed by atoms with Crippen LogP contribution in [0.3, 0.4) is 0 Å². The van der Waals surface area contributed by atoms with E-state index in [0.29, 0.717) is 10.5 Å². The van der Waals surface area contributed by atoms with Crippen molar-refractivity contribution >= 4 is 34.1 Å². The van der Waals surface area contributed by atoms with E-state index in [2.05, 4.69) is 17.4 Å². The summed E-state index contributed by atoms with van der Waals surface area (Å²) in [5.74, 6) is 0. The Balaban J connectivity index is 2.01. The van der Waals surface area contributed by atoms with Crippen LogP contribution in [0.1, 0.15) is 5.56 Å². The molecule has 0 radical (unpaired) electrons. The van der Waals surface area contributed by atoms with Gasteiger partial charge in [-0.1, -0.05) is 30.0 Å². The molecular formula is C16H11NO2S. The minimum atomic E-state index is -0.289. The summed E-state index contributed by atoms with van der Waals surface area (Å²) < 4.78 is 5.39. The van der Waals surface area contributed by atoms with E-state index in [4.69, 9.17) is 4.42 Å². The zero-order chi connectivity index (χ0) is 13.7. The summed E-state index contributed by atoms with van der Waals surface area (Å²) in [6.07, 6.45) is 0. The number of aryl methyl sites for hydroxylation is 1. The first-order valence-electron chi connectivity index (χ1n) is 6.34. The van der Waals surface area contributed by atoms with E-state index in [1.165, 1.54) is 17.3 Å². The highest BCUT2D eigenvalue weighted by molar-refractivity contribution is 7.99. The van der Waals surface area contributed by atoms with Crippen LogP contribution < -0.4 is 10.9 Å². The van der Waals surface area contributed by atoms with Gasteiger partial charge in [0.05, 0.1) is 11.4 Å². The van der Waals surface area contributed by atoms with Crippen molar-refractivity contribution in [2.24, 2.45) is 0 Å². The largest absolute Gasteiger partial charge is 0.422 e. The number of hydrogen-bond acceptors (Lipinski definition) is 4. The van der Waals surface area contributed by atoms with Crippen LogP contribution in [0.2, 0.25) is 0 Å². The van der Waals surface area contributed by atoms with Crippen molar-refractivity contribution in [2.45, 2.75) is 16.7 Å². The maximum atomic E-state index is 12.1. The number of hydrogen-bond donors (Lipinski definition) is 1. The van der Waals surface area contributed by atoms with E-state index in [9.17, 15) is 4.79 Å². The second kappa shape index (κ2) is 4.15. The molecule has 1 aliphatic rings. The first-order valence-corrected chi connectivity index (χ1v) is 7.15. The van der Waals surface area contributed by atoms with E-state index in [1.54, 1.807) is 0 Å². The first-order chi connectivity index (χ1) is 9.72. The van der Waals surface area contributed by atoms with Gasteiger partial charge < -0.3 is 9.73 Å². The molecule has 98 valence electrons. The van der Waals surface area contributed by atoms with Gasteiger partial charge in [-0.3, -0.25) is 0 Å². The molecule has 2 heterocycles. The summed E-state index contributed by atoms with van der Waals surface area (Å²) in [7, 11) is 0. The Morgan fingerprint density at radius 2 is 2.00 bits per heavy atom. The molecule has 0 aliphatic carbocycles. The molecule has 0 amide bonds. The molecule has 3 aromatic rings. The SMILES string of the molecule is Cc1ccc2c(c1)Sc1c(c3ccccc3oc1=O)N2. The van der Waals surface area contributed by atoms with Crippen LogP contribution in [0.25, 0.3) is 11.0 Å². The molecule has 0 spiro atoms. The van der Waals surface area contributed by atoms with Gasteiger partial charge in [0.25, 0.3) is 0 Å². The standard InChI is InChI=1S/C16H11NO2S/c1-9-6-7-11-13(8-9)20-15-14(17-11)10-4-2-3-5-12(10)19-16(15)18/h2-8,17H,1H3. The zero-order valence-corrected chi connectivity index (χ0v) is 11.6. The van der Waals surface area contributed by atoms with Crippen LogP contribution in [0.15, 0.2) is 61.5 Å². The molecule has 0 saturated carbocycles. The molecule has 3 nitrogen and oxygen atoms in total. The van der Waals surface area contributed by atoms with Crippen LogP contribution in [-0.2, 0) is 0 Å². The number of nitrogens with one attached hydrogen (secondary N) is 1. The minimum absolute atomic E-state index is 0.289. The summed E-state index contributed by atoms with van der Waals surface area (Å²) in [6, 6.07) is 13.8. The van der Waals surface area contributed by atoms with Crippen LogP contribution in [0.5, 0.6) is 0 Å². The molecule has 0 bridgehead atoms. The van der Waals surface area contributed by atoms with E-state index in [0.717, 1.165) is 21.7 Å². The highest BCUT2D eigenvalue weighted by Crippen LogP contribution is 2.45. The maximum absolute atomic E-state index is 12.1. The lowest BCUT2D eigenvalue weighted by Gasteiger charge is -2.21. The van der Waals surface area contributed by atoms with Crippen LogP contribution in [0.4, 0.5) is 11.4 Å². The lowest BCUT2D eigenvalue weighted by molar-refractivity contribution is 0.544. The highest BCUT2D eigenvalue weighted by atomic mass is 32.2.